The van der Waals surface area contributed by atoms with E-state index >= 15 is 0 Å². The fourth-order valence-electron chi connectivity index (χ4n) is 0.655. The van der Waals surface area contributed by atoms with Crippen LogP contribution in [0.15, 0.2) is 0 Å². The Labute approximate surface area is 92.1 Å². The quantitative estimate of drug-likeness (QED) is 0.343. The van der Waals surface area contributed by atoms with E-state index in [1.165, 1.54) is 19.3 Å². The van der Waals surface area contributed by atoms with Crippen molar-refractivity contribution in [1.29, 1.82) is 0 Å². The zero-order valence-electron chi connectivity index (χ0n) is 7.36. The Morgan fingerprint density at radius 1 is 1.30 bits per heavy atom. The average Bonchev–Trinajstić information content (AvgIpc) is 1.66. The third-order valence-corrected chi connectivity index (χ3v) is 1.20. The molecule has 0 aromatic carbocycles. The summed E-state index contributed by atoms with van der Waals surface area (Å²) in [5.41, 5.74) is 0. The maximum Gasteiger partial charge on any atom is 2.00 e. The molecule has 0 rings (SSSR count). The number of rotatable bonds is 4. The van der Waals surface area contributed by atoms with Crippen molar-refractivity contribution < 1.29 is 17.0 Å². The van der Waals surface area contributed by atoms with Crippen LogP contribution in [0.2, 0.25) is 0 Å². The van der Waals surface area contributed by atoms with Crippen LogP contribution in [0.3, 0.4) is 0 Å². The van der Waals surface area contributed by atoms with Gasteiger partial charge in [0.1, 0.15) is 0 Å². The number of hydrogen-bond acceptors (Lipinski definition) is 0. The van der Waals surface area contributed by atoms with Crippen molar-refractivity contribution in [2.75, 3.05) is 0 Å². The van der Waals surface area contributed by atoms with Crippen molar-refractivity contribution in [3.63, 3.8) is 0 Å². The van der Waals surface area contributed by atoms with E-state index in [0.717, 1.165) is 5.92 Å². The Kier molecular flexibility index (Phi) is 22.4. The summed E-state index contributed by atoms with van der Waals surface area (Å²) < 4.78 is 0. The molecule has 0 heterocycles. The van der Waals surface area contributed by atoms with Gasteiger partial charge in [0, 0.05) is 0 Å². The summed E-state index contributed by atoms with van der Waals surface area (Å²) >= 11 is 0. The van der Waals surface area contributed by atoms with Gasteiger partial charge in [-0.1, -0.05) is 33.6 Å². The normalized spacial score (nSPS) is 8.40. The second kappa shape index (κ2) is 12.9. The second-order valence-corrected chi connectivity index (χ2v) is 2.62. The third kappa shape index (κ3) is 16.1. The first kappa shape index (κ1) is 17.4. The van der Waals surface area contributed by atoms with Crippen molar-refractivity contribution in [3.8, 4) is 0 Å². The molecule has 0 aromatic heterocycles. The number of unbranched alkanes of at least 4 members (excludes halogenated alkanes) is 2. The molecule has 0 spiro atoms. The van der Waals surface area contributed by atoms with Gasteiger partial charge in [-0.15, -0.1) is 0 Å². The Morgan fingerprint density at radius 2 is 1.80 bits per heavy atom. The molecule has 0 aliphatic rings. The maximum atomic E-state index is 2.38. The SMILES string of the molecule is CCCC[CH-]C(C)C.[Br-].[Mg+2]. The molecule has 0 fully saturated rings. The molecule has 0 aliphatic heterocycles. The van der Waals surface area contributed by atoms with Crippen molar-refractivity contribution in [2.24, 2.45) is 5.92 Å². The van der Waals surface area contributed by atoms with Crippen LogP contribution in [0.25, 0.3) is 0 Å². The smallest absolute Gasteiger partial charge is 1.00 e. The molecule has 0 unspecified atom stereocenters. The van der Waals surface area contributed by atoms with Gasteiger partial charge in [-0.3, -0.25) is 0 Å². The van der Waals surface area contributed by atoms with Gasteiger partial charge in [0.05, 0.1) is 0 Å². The monoisotopic (exact) mass is 216 g/mol. The topological polar surface area (TPSA) is 0 Å². The molecule has 0 aromatic rings. The molecule has 0 saturated carbocycles. The molecule has 0 amide bonds. The zero-order chi connectivity index (χ0) is 6.41. The molecular weight excluding hydrogens is 200 g/mol. The van der Waals surface area contributed by atoms with Gasteiger partial charge < -0.3 is 23.4 Å². The molecule has 0 bridgehead atoms. The van der Waals surface area contributed by atoms with Crippen LogP contribution in [0.5, 0.6) is 0 Å². The van der Waals surface area contributed by atoms with Crippen LogP contribution < -0.4 is 17.0 Å². The van der Waals surface area contributed by atoms with Gasteiger partial charge in [0.2, 0.25) is 0 Å². The molecule has 58 valence electrons. The predicted molar refractivity (Wildman–Crippen MR) is 44.4 cm³/mol. The van der Waals surface area contributed by atoms with E-state index < -0.39 is 0 Å². The standard InChI is InChI=1S/C8H17.BrH.Mg/c1-4-5-6-7-8(2)3;;/h7-8H,4-6H2,1-3H3;1H;/q-1;;+2/p-1. The second-order valence-electron chi connectivity index (χ2n) is 2.62. The van der Waals surface area contributed by atoms with Crippen molar-refractivity contribution >= 4 is 23.1 Å². The molecule has 0 saturated heterocycles. The van der Waals surface area contributed by atoms with Crippen LogP contribution >= 0.6 is 0 Å². The molecule has 0 N–H and O–H groups in total. The van der Waals surface area contributed by atoms with E-state index in [1.54, 1.807) is 0 Å². The Balaban J connectivity index is -0.000000245. The van der Waals surface area contributed by atoms with Crippen molar-refractivity contribution in [2.45, 2.75) is 40.0 Å². The van der Waals surface area contributed by atoms with E-state index in [4.69, 9.17) is 0 Å². The van der Waals surface area contributed by atoms with Gasteiger partial charge in [-0.2, -0.15) is 12.3 Å². The summed E-state index contributed by atoms with van der Waals surface area (Å²) in [5, 5.41) is 0. The van der Waals surface area contributed by atoms with Crippen molar-refractivity contribution in [1.82, 2.24) is 0 Å². The molecular formula is C8H17BrMg. The molecule has 0 nitrogen and oxygen atoms in total. The minimum atomic E-state index is 0. The first-order valence-electron chi connectivity index (χ1n) is 3.60. The molecule has 0 radical (unpaired) electrons. The van der Waals surface area contributed by atoms with E-state index in [-0.39, 0.29) is 40.0 Å². The first-order valence-corrected chi connectivity index (χ1v) is 3.60. The van der Waals surface area contributed by atoms with Gasteiger partial charge in [0.15, 0.2) is 0 Å². The van der Waals surface area contributed by atoms with Crippen LogP contribution in [-0.2, 0) is 0 Å². The van der Waals surface area contributed by atoms with E-state index in [0.29, 0.717) is 0 Å². The Hall–Kier alpha value is 1.25. The van der Waals surface area contributed by atoms with Gasteiger partial charge >= 0.3 is 23.1 Å². The summed E-state index contributed by atoms with van der Waals surface area (Å²) in [5.74, 6) is 0.779. The fraction of sp³-hybridized carbons (Fsp3) is 0.875. The molecule has 0 aliphatic carbocycles. The van der Waals surface area contributed by atoms with E-state index in [9.17, 15) is 0 Å². The molecule has 10 heavy (non-hydrogen) atoms. The number of hydrogen-bond donors (Lipinski definition) is 0. The van der Waals surface area contributed by atoms with Crippen molar-refractivity contribution in [3.05, 3.63) is 6.42 Å². The van der Waals surface area contributed by atoms with Gasteiger partial charge in [0.25, 0.3) is 0 Å². The van der Waals surface area contributed by atoms with Crippen LogP contribution in [-0.4, -0.2) is 23.1 Å². The summed E-state index contributed by atoms with van der Waals surface area (Å²) in [7, 11) is 0. The van der Waals surface area contributed by atoms with Crippen LogP contribution in [0.1, 0.15) is 40.0 Å². The predicted octanol–water partition coefficient (Wildman–Crippen LogP) is -0.340. The Bertz CT molecular complexity index is 46.5. The average molecular weight is 217 g/mol. The minimum Gasteiger partial charge on any atom is -1.00 e. The fourth-order valence-corrected chi connectivity index (χ4v) is 0.655. The summed E-state index contributed by atoms with van der Waals surface area (Å²) in [6, 6.07) is 0. The van der Waals surface area contributed by atoms with Gasteiger partial charge in [-0.05, 0) is 0 Å². The third-order valence-electron chi connectivity index (χ3n) is 1.20. The summed E-state index contributed by atoms with van der Waals surface area (Å²) in [4.78, 5) is 0. The van der Waals surface area contributed by atoms with Gasteiger partial charge in [-0.25, -0.2) is 0 Å². The number of halogens is 1. The largest absolute Gasteiger partial charge is 2.00 e. The van der Waals surface area contributed by atoms with Crippen LogP contribution in [0.4, 0.5) is 0 Å². The summed E-state index contributed by atoms with van der Waals surface area (Å²) in [6.45, 7) is 6.69. The Morgan fingerprint density at radius 3 is 2.10 bits per heavy atom. The zero-order valence-corrected chi connectivity index (χ0v) is 10.4. The van der Waals surface area contributed by atoms with E-state index in [2.05, 4.69) is 27.2 Å². The summed E-state index contributed by atoms with van der Waals surface area (Å²) in [6.07, 6.45) is 6.36. The van der Waals surface area contributed by atoms with Crippen LogP contribution in [0, 0.1) is 12.3 Å². The van der Waals surface area contributed by atoms with E-state index in [1.807, 2.05) is 0 Å². The molecule has 0 atom stereocenters. The minimum absolute atomic E-state index is 0. The maximum absolute atomic E-state index is 2.38. The first-order chi connectivity index (χ1) is 3.77. The molecule has 2 heteroatoms.